The van der Waals surface area contributed by atoms with E-state index in [1.807, 2.05) is 0 Å². The highest BCUT2D eigenvalue weighted by Gasteiger charge is 2.23. The van der Waals surface area contributed by atoms with Crippen molar-refractivity contribution in [1.82, 2.24) is 4.72 Å². The molecule has 20 heavy (non-hydrogen) atoms. The van der Waals surface area contributed by atoms with Gasteiger partial charge in [-0.05, 0) is 29.9 Å². The zero-order valence-corrected chi connectivity index (χ0v) is 12.7. The topological polar surface area (TPSA) is 66.4 Å². The fourth-order valence-corrected chi connectivity index (χ4v) is 4.23. The summed E-state index contributed by atoms with van der Waals surface area (Å²) in [7, 11) is -3.29. The van der Waals surface area contributed by atoms with E-state index in [2.05, 4.69) is 11.6 Å². The monoisotopic (exact) mass is 297 g/mol. The van der Waals surface area contributed by atoms with Crippen molar-refractivity contribution in [1.29, 1.82) is 0 Å². The van der Waals surface area contributed by atoms with Crippen LogP contribution in [0.4, 0.5) is 0 Å². The van der Waals surface area contributed by atoms with Crippen LogP contribution in [0.5, 0.6) is 0 Å². The normalized spacial score (nSPS) is 23.7. The van der Waals surface area contributed by atoms with E-state index in [4.69, 9.17) is 5.11 Å². The molecule has 1 aromatic rings. The number of benzene rings is 1. The van der Waals surface area contributed by atoms with Crippen LogP contribution >= 0.6 is 0 Å². The standard InChI is InChI=1S/C15H23NO3S/c1-12-3-2-4-15(9-12)16-20(18,19)11-14-7-5-13(10-17)6-8-14/h5-8,12,15-17H,2-4,9-11H2,1H3. The molecule has 2 N–H and O–H groups in total. The summed E-state index contributed by atoms with van der Waals surface area (Å²) in [6.07, 6.45) is 4.16. The van der Waals surface area contributed by atoms with E-state index in [1.165, 1.54) is 6.42 Å². The molecule has 0 aliphatic heterocycles. The second-order valence-electron chi connectivity index (χ2n) is 5.82. The van der Waals surface area contributed by atoms with Crippen molar-refractivity contribution in [2.24, 2.45) is 5.92 Å². The Bertz CT molecular complexity index is 525. The van der Waals surface area contributed by atoms with Gasteiger partial charge in [0.1, 0.15) is 0 Å². The maximum Gasteiger partial charge on any atom is 0.216 e. The van der Waals surface area contributed by atoms with Gasteiger partial charge in [-0.3, -0.25) is 0 Å². The van der Waals surface area contributed by atoms with E-state index < -0.39 is 10.0 Å². The zero-order valence-electron chi connectivity index (χ0n) is 11.9. The van der Waals surface area contributed by atoms with Crippen LogP contribution < -0.4 is 4.72 Å². The van der Waals surface area contributed by atoms with Gasteiger partial charge in [-0.25, -0.2) is 13.1 Å². The van der Waals surface area contributed by atoms with Gasteiger partial charge in [-0.15, -0.1) is 0 Å². The molecular formula is C15H23NO3S. The highest BCUT2D eigenvalue weighted by molar-refractivity contribution is 7.88. The Kier molecular flexibility index (Phi) is 5.18. The van der Waals surface area contributed by atoms with Crippen molar-refractivity contribution in [3.63, 3.8) is 0 Å². The molecule has 1 fully saturated rings. The molecule has 1 saturated carbocycles. The lowest BCUT2D eigenvalue weighted by Crippen LogP contribution is -2.38. The van der Waals surface area contributed by atoms with Crippen LogP contribution in [-0.2, 0) is 22.4 Å². The molecule has 0 bridgehead atoms. The average molecular weight is 297 g/mol. The molecule has 0 heterocycles. The fourth-order valence-electron chi connectivity index (χ4n) is 2.80. The lowest BCUT2D eigenvalue weighted by Gasteiger charge is -2.27. The second-order valence-corrected chi connectivity index (χ2v) is 7.57. The lowest BCUT2D eigenvalue weighted by molar-refractivity contribution is 0.282. The van der Waals surface area contributed by atoms with Crippen LogP contribution in [0.1, 0.15) is 43.7 Å². The molecule has 1 aromatic carbocycles. The fraction of sp³-hybridized carbons (Fsp3) is 0.600. The molecule has 1 aliphatic carbocycles. The number of aliphatic hydroxyl groups is 1. The molecule has 0 aromatic heterocycles. The smallest absolute Gasteiger partial charge is 0.216 e. The summed E-state index contributed by atoms with van der Waals surface area (Å²) in [6.45, 7) is 2.15. The van der Waals surface area contributed by atoms with Gasteiger partial charge in [0, 0.05) is 6.04 Å². The summed E-state index contributed by atoms with van der Waals surface area (Å²) in [4.78, 5) is 0. The largest absolute Gasteiger partial charge is 0.392 e. The van der Waals surface area contributed by atoms with Crippen LogP contribution in [0, 0.1) is 5.92 Å². The van der Waals surface area contributed by atoms with Gasteiger partial charge >= 0.3 is 0 Å². The number of rotatable bonds is 5. The third kappa shape index (κ3) is 4.58. The Balaban J connectivity index is 1.95. The van der Waals surface area contributed by atoms with Gasteiger partial charge in [0.15, 0.2) is 0 Å². The predicted molar refractivity (Wildman–Crippen MR) is 79.5 cm³/mol. The number of hydrogen-bond donors (Lipinski definition) is 2. The van der Waals surface area contributed by atoms with Crippen molar-refractivity contribution in [3.05, 3.63) is 35.4 Å². The molecule has 0 radical (unpaired) electrons. The lowest BCUT2D eigenvalue weighted by atomic mass is 9.88. The number of aliphatic hydroxyl groups excluding tert-OH is 1. The summed E-state index contributed by atoms with van der Waals surface area (Å²) >= 11 is 0. The molecule has 112 valence electrons. The maximum absolute atomic E-state index is 12.2. The minimum absolute atomic E-state index is 0.00356. The van der Waals surface area contributed by atoms with Gasteiger partial charge in [-0.1, -0.05) is 44.0 Å². The Morgan fingerprint density at radius 3 is 2.45 bits per heavy atom. The van der Waals surface area contributed by atoms with E-state index in [1.54, 1.807) is 24.3 Å². The van der Waals surface area contributed by atoms with Crippen LogP contribution in [0.3, 0.4) is 0 Å². The molecule has 2 unspecified atom stereocenters. The molecule has 0 saturated heterocycles. The quantitative estimate of drug-likeness (QED) is 0.875. The van der Waals surface area contributed by atoms with E-state index in [-0.39, 0.29) is 18.4 Å². The van der Waals surface area contributed by atoms with Crippen LogP contribution in [-0.4, -0.2) is 19.6 Å². The molecular weight excluding hydrogens is 274 g/mol. The number of nitrogens with one attached hydrogen (secondary N) is 1. The first-order chi connectivity index (χ1) is 9.48. The van der Waals surface area contributed by atoms with Crippen LogP contribution in [0.15, 0.2) is 24.3 Å². The van der Waals surface area contributed by atoms with Gasteiger partial charge in [0.05, 0.1) is 12.4 Å². The highest BCUT2D eigenvalue weighted by atomic mass is 32.2. The van der Waals surface area contributed by atoms with E-state index in [9.17, 15) is 8.42 Å². The second kappa shape index (κ2) is 6.70. The number of hydrogen-bond acceptors (Lipinski definition) is 3. The minimum atomic E-state index is -3.29. The first-order valence-corrected chi connectivity index (χ1v) is 8.82. The average Bonchev–Trinajstić information content (AvgIpc) is 2.38. The van der Waals surface area contributed by atoms with E-state index >= 15 is 0 Å². The van der Waals surface area contributed by atoms with E-state index in [0.717, 1.165) is 30.4 Å². The summed E-state index contributed by atoms with van der Waals surface area (Å²) < 4.78 is 27.2. The van der Waals surface area contributed by atoms with Crippen molar-refractivity contribution >= 4 is 10.0 Å². The Morgan fingerprint density at radius 1 is 1.20 bits per heavy atom. The van der Waals surface area contributed by atoms with Crippen molar-refractivity contribution in [2.45, 2.75) is 51.0 Å². The Hall–Kier alpha value is -0.910. The number of sulfonamides is 1. The minimum Gasteiger partial charge on any atom is -0.392 e. The molecule has 4 nitrogen and oxygen atoms in total. The molecule has 0 spiro atoms. The van der Waals surface area contributed by atoms with Crippen LogP contribution in [0.25, 0.3) is 0 Å². The summed E-state index contributed by atoms with van der Waals surface area (Å²) in [5.74, 6) is 0.601. The molecule has 2 rings (SSSR count). The summed E-state index contributed by atoms with van der Waals surface area (Å²) in [6, 6.07) is 7.12. The molecule has 0 amide bonds. The predicted octanol–water partition coefficient (Wildman–Crippen LogP) is 2.18. The van der Waals surface area contributed by atoms with Crippen molar-refractivity contribution < 1.29 is 13.5 Å². The zero-order chi connectivity index (χ0) is 14.6. The molecule has 2 atom stereocenters. The SMILES string of the molecule is CC1CCCC(NS(=O)(=O)Cc2ccc(CO)cc2)C1. The van der Waals surface area contributed by atoms with Crippen molar-refractivity contribution in [3.8, 4) is 0 Å². The van der Waals surface area contributed by atoms with Crippen molar-refractivity contribution in [2.75, 3.05) is 0 Å². The van der Waals surface area contributed by atoms with Gasteiger partial charge in [-0.2, -0.15) is 0 Å². The van der Waals surface area contributed by atoms with E-state index in [0.29, 0.717) is 5.92 Å². The Morgan fingerprint density at radius 2 is 1.85 bits per heavy atom. The van der Waals surface area contributed by atoms with Gasteiger partial charge in [0.25, 0.3) is 0 Å². The first kappa shape index (κ1) is 15.5. The summed E-state index contributed by atoms with van der Waals surface area (Å²) in [5.41, 5.74) is 1.54. The van der Waals surface area contributed by atoms with Crippen LogP contribution in [0.2, 0.25) is 0 Å². The van der Waals surface area contributed by atoms with Gasteiger partial charge < -0.3 is 5.11 Å². The van der Waals surface area contributed by atoms with Gasteiger partial charge in [0.2, 0.25) is 10.0 Å². The maximum atomic E-state index is 12.2. The summed E-state index contributed by atoms with van der Waals surface area (Å²) in [5, 5.41) is 8.97. The Labute approximate surface area is 121 Å². The molecule has 5 heteroatoms. The molecule has 1 aliphatic rings. The third-order valence-corrected chi connectivity index (χ3v) is 5.25. The third-order valence-electron chi connectivity index (χ3n) is 3.84. The first-order valence-electron chi connectivity index (χ1n) is 7.17. The highest BCUT2D eigenvalue weighted by Crippen LogP contribution is 2.24.